The normalized spacial score (nSPS) is 11.8. The fourth-order valence-electron chi connectivity index (χ4n) is 3.52. The molecule has 4 heteroatoms. The number of nitrogens with two attached hydrogens (primary N) is 1. The Hall–Kier alpha value is -3.11. The fraction of sp³-hybridized carbons (Fsp3) is 0.269. The number of para-hydroxylation sites is 2. The second-order valence-electron chi connectivity index (χ2n) is 7.60. The Morgan fingerprint density at radius 3 is 2.33 bits per heavy atom. The Morgan fingerprint density at radius 2 is 1.53 bits per heavy atom. The third-order valence-corrected chi connectivity index (χ3v) is 5.24. The molecule has 3 rings (SSSR count). The lowest BCUT2D eigenvalue weighted by Gasteiger charge is -2.13. The second kappa shape index (κ2) is 11.2. The van der Waals surface area contributed by atoms with E-state index in [0.717, 1.165) is 48.8 Å². The Balaban J connectivity index is 1.36. The molecule has 3 aromatic rings. The number of hydrogen-bond acceptors (Lipinski definition) is 3. The predicted octanol–water partition coefficient (Wildman–Crippen LogP) is 5.95. The third-order valence-electron chi connectivity index (χ3n) is 5.24. The van der Waals surface area contributed by atoms with Gasteiger partial charge in [-0.1, -0.05) is 79.9 Å². The van der Waals surface area contributed by atoms with Crippen molar-refractivity contribution in [2.45, 2.75) is 44.6 Å². The van der Waals surface area contributed by atoms with Gasteiger partial charge in [-0.2, -0.15) is 0 Å². The molecule has 0 spiro atoms. The van der Waals surface area contributed by atoms with Crippen molar-refractivity contribution in [3.8, 4) is 11.1 Å². The zero-order valence-electron chi connectivity index (χ0n) is 17.3. The molecule has 4 N–H and O–H groups in total. The number of anilines is 2. The SMILES string of the molecule is Nc1ccccc1NC(=O)CCCCCCC(O)c1cccc(-c2ccccc2)c1. The first-order valence-electron chi connectivity index (χ1n) is 10.6. The van der Waals surface area contributed by atoms with Crippen LogP contribution >= 0.6 is 0 Å². The minimum absolute atomic E-state index is 0.00865. The van der Waals surface area contributed by atoms with Gasteiger partial charge in [0.15, 0.2) is 0 Å². The minimum Gasteiger partial charge on any atom is -0.397 e. The zero-order chi connectivity index (χ0) is 21.2. The van der Waals surface area contributed by atoms with E-state index in [1.807, 2.05) is 42.5 Å². The molecule has 4 nitrogen and oxygen atoms in total. The Bertz CT molecular complexity index is 941. The van der Waals surface area contributed by atoms with Crippen LogP contribution in [0.2, 0.25) is 0 Å². The summed E-state index contributed by atoms with van der Waals surface area (Å²) < 4.78 is 0. The number of nitrogens with one attached hydrogen (secondary N) is 1. The Kier molecular flexibility index (Phi) is 8.04. The average Bonchev–Trinajstić information content (AvgIpc) is 2.78. The van der Waals surface area contributed by atoms with E-state index in [4.69, 9.17) is 5.73 Å². The number of unbranched alkanes of at least 4 members (excludes halogenated alkanes) is 3. The van der Waals surface area contributed by atoms with Crippen LogP contribution in [0.3, 0.4) is 0 Å². The molecule has 0 saturated carbocycles. The lowest BCUT2D eigenvalue weighted by Crippen LogP contribution is -2.12. The molecule has 1 atom stereocenters. The van der Waals surface area contributed by atoms with E-state index in [1.54, 1.807) is 12.1 Å². The van der Waals surface area contributed by atoms with Crippen LogP contribution in [0.1, 0.15) is 50.2 Å². The predicted molar refractivity (Wildman–Crippen MR) is 124 cm³/mol. The number of carbonyl (C=O) groups is 1. The molecule has 0 heterocycles. The maximum atomic E-state index is 12.0. The summed E-state index contributed by atoms with van der Waals surface area (Å²) in [6, 6.07) is 25.6. The number of hydrogen-bond donors (Lipinski definition) is 3. The summed E-state index contributed by atoms with van der Waals surface area (Å²) in [4.78, 5) is 12.0. The van der Waals surface area contributed by atoms with E-state index in [2.05, 4.69) is 29.6 Å². The monoisotopic (exact) mass is 402 g/mol. The van der Waals surface area contributed by atoms with Gasteiger partial charge in [-0.25, -0.2) is 0 Å². The summed E-state index contributed by atoms with van der Waals surface area (Å²) >= 11 is 0. The van der Waals surface area contributed by atoms with Crippen LogP contribution in [0.15, 0.2) is 78.9 Å². The molecule has 156 valence electrons. The van der Waals surface area contributed by atoms with Gasteiger partial charge in [0, 0.05) is 6.42 Å². The highest BCUT2D eigenvalue weighted by molar-refractivity contribution is 5.93. The molecular formula is C26H30N2O2. The number of aliphatic hydroxyl groups is 1. The number of benzene rings is 3. The van der Waals surface area contributed by atoms with E-state index in [1.165, 1.54) is 0 Å². The first-order valence-corrected chi connectivity index (χ1v) is 10.6. The van der Waals surface area contributed by atoms with Crippen molar-refractivity contribution in [2.75, 3.05) is 11.1 Å². The van der Waals surface area contributed by atoms with Crippen LogP contribution in [0, 0.1) is 0 Å². The van der Waals surface area contributed by atoms with Crippen LogP contribution in [-0.4, -0.2) is 11.0 Å². The quantitative estimate of drug-likeness (QED) is 0.290. The van der Waals surface area contributed by atoms with Gasteiger partial charge in [0.1, 0.15) is 0 Å². The van der Waals surface area contributed by atoms with Crippen LogP contribution in [0.4, 0.5) is 11.4 Å². The number of rotatable bonds is 10. The van der Waals surface area contributed by atoms with E-state index in [9.17, 15) is 9.90 Å². The van der Waals surface area contributed by atoms with Crippen LogP contribution in [0.25, 0.3) is 11.1 Å². The summed E-state index contributed by atoms with van der Waals surface area (Å²) in [7, 11) is 0. The van der Waals surface area contributed by atoms with Gasteiger partial charge in [-0.3, -0.25) is 4.79 Å². The van der Waals surface area contributed by atoms with Gasteiger partial charge in [0.05, 0.1) is 17.5 Å². The van der Waals surface area contributed by atoms with Crippen molar-refractivity contribution in [3.05, 3.63) is 84.4 Å². The summed E-state index contributed by atoms with van der Waals surface area (Å²) in [5.41, 5.74) is 10.3. The third kappa shape index (κ3) is 6.46. The molecule has 0 aliphatic heterocycles. The smallest absolute Gasteiger partial charge is 0.224 e. The summed E-state index contributed by atoms with van der Waals surface area (Å²) in [6.07, 6.45) is 4.48. The van der Waals surface area contributed by atoms with Gasteiger partial charge < -0.3 is 16.2 Å². The van der Waals surface area contributed by atoms with Gasteiger partial charge in [-0.15, -0.1) is 0 Å². The first-order chi connectivity index (χ1) is 14.6. The van der Waals surface area contributed by atoms with Gasteiger partial charge in [-0.05, 0) is 47.7 Å². The van der Waals surface area contributed by atoms with Crippen molar-refractivity contribution in [2.24, 2.45) is 0 Å². The van der Waals surface area contributed by atoms with Gasteiger partial charge >= 0.3 is 0 Å². The molecule has 1 unspecified atom stereocenters. The summed E-state index contributed by atoms with van der Waals surface area (Å²) in [5.74, 6) is -0.00865. The molecule has 0 fully saturated rings. The van der Waals surface area contributed by atoms with E-state index >= 15 is 0 Å². The number of carbonyl (C=O) groups excluding carboxylic acids is 1. The molecule has 0 aliphatic carbocycles. The van der Waals surface area contributed by atoms with Crippen molar-refractivity contribution in [1.29, 1.82) is 0 Å². The Morgan fingerprint density at radius 1 is 0.833 bits per heavy atom. The highest BCUT2D eigenvalue weighted by Crippen LogP contribution is 2.26. The maximum absolute atomic E-state index is 12.0. The van der Waals surface area contributed by atoms with E-state index in [0.29, 0.717) is 17.8 Å². The van der Waals surface area contributed by atoms with Crippen LogP contribution in [-0.2, 0) is 4.79 Å². The molecular weight excluding hydrogens is 372 g/mol. The Labute approximate surface area is 178 Å². The highest BCUT2D eigenvalue weighted by atomic mass is 16.3. The molecule has 0 radical (unpaired) electrons. The lowest BCUT2D eigenvalue weighted by molar-refractivity contribution is -0.116. The molecule has 0 aliphatic rings. The summed E-state index contributed by atoms with van der Waals surface area (Å²) in [6.45, 7) is 0. The number of amides is 1. The first kappa shape index (κ1) is 21.6. The van der Waals surface area contributed by atoms with Gasteiger partial charge in [0.25, 0.3) is 0 Å². The lowest BCUT2D eigenvalue weighted by atomic mass is 9.98. The topological polar surface area (TPSA) is 75.3 Å². The largest absolute Gasteiger partial charge is 0.397 e. The fourth-order valence-corrected chi connectivity index (χ4v) is 3.52. The molecule has 0 bridgehead atoms. The average molecular weight is 403 g/mol. The number of nitrogen functional groups attached to an aromatic ring is 1. The minimum atomic E-state index is -0.460. The molecule has 0 aromatic heterocycles. The summed E-state index contributed by atoms with van der Waals surface area (Å²) in [5, 5.41) is 13.4. The highest BCUT2D eigenvalue weighted by Gasteiger charge is 2.09. The molecule has 0 saturated heterocycles. The van der Waals surface area contributed by atoms with Crippen molar-refractivity contribution >= 4 is 17.3 Å². The van der Waals surface area contributed by atoms with Crippen molar-refractivity contribution < 1.29 is 9.90 Å². The van der Waals surface area contributed by atoms with E-state index in [-0.39, 0.29) is 5.91 Å². The number of aliphatic hydroxyl groups excluding tert-OH is 1. The maximum Gasteiger partial charge on any atom is 0.224 e. The molecule has 1 amide bonds. The second-order valence-corrected chi connectivity index (χ2v) is 7.60. The van der Waals surface area contributed by atoms with Gasteiger partial charge in [0.2, 0.25) is 5.91 Å². The molecule has 30 heavy (non-hydrogen) atoms. The van der Waals surface area contributed by atoms with Crippen LogP contribution in [0.5, 0.6) is 0 Å². The van der Waals surface area contributed by atoms with E-state index < -0.39 is 6.10 Å². The standard InChI is InChI=1S/C26H30N2O2/c27-23-15-8-9-16-24(23)28-26(30)18-7-2-1-6-17-25(29)22-14-10-13-21(19-22)20-11-4-3-5-12-20/h3-5,8-16,19,25,29H,1-2,6-7,17-18,27H2,(H,28,30). The van der Waals surface area contributed by atoms with Crippen molar-refractivity contribution in [3.63, 3.8) is 0 Å². The van der Waals surface area contributed by atoms with Crippen LogP contribution < -0.4 is 11.1 Å². The zero-order valence-corrected chi connectivity index (χ0v) is 17.3. The van der Waals surface area contributed by atoms with Crippen molar-refractivity contribution in [1.82, 2.24) is 0 Å². The molecule has 3 aromatic carbocycles.